The van der Waals surface area contributed by atoms with Gasteiger partial charge in [0.15, 0.2) is 21.4 Å². The van der Waals surface area contributed by atoms with Gasteiger partial charge in [-0.1, -0.05) is 0 Å². The van der Waals surface area contributed by atoms with Gasteiger partial charge in [-0.05, 0) is 32.9 Å². The van der Waals surface area contributed by atoms with Gasteiger partial charge in [-0.3, -0.25) is 9.30 Å². The van der Waals surface area contributed by atoms with Crippen LogP contribution in [0.2, 0.25) is 0 Å². The minimum absolute atomic E-state index is 0.00243. The molecule has 3 heterocycles. The van der Waals surface area contributed by atoms with Crippen molar-refractivity contribution in [2.45, 2.75) is 30.4 Å². The number of urea groups is 1. The van der Waals surface area contributed by atoms with E-state index in [1.807, 2.05) is 0 Å². The highest BCUT2D eigenvalue weighted by Crippen LogP contribution is 2.38. The van der Waals surface area contributed by atoms with Crippen LogP contribution in [0.25, 0.3) is 16.9 Å². The first kappa shape index (κ1) is 22.8. The van der Waals surface area contributed by atoms with Crippen LogP contribution in [0.15, 0.2) is 35.5 Å². The molecule has 0 radical (unpaired) electrons. The summed E-state index contributed by atoms with van der Waals surface area (Å²) in [6.45, 7) is 5.60. The van der Waals surface area contributed by atoms with Crippen LogP contribution in [0, 0.1) is 5.82 Å². The highest BCUT2D eigenvalue weighted by atomic mass is 32.2. The highest BCUT2D eigenvalue weighted by molar-refractivity contribution is 7.92. The third-order valence-electron chi connectivity index (χ3n) is 5.56. The molecule has 1 aromatic carbocycles. The van der Waals surface area contributed by atoms with Gasteiger partial charge in [0.25, 0.3) is 0 Å². The van der Waals surface area contributed by atoms with E-state index in [0.717, 1.165) is 0 Å². The topological polar surface area (TPSA) is 102 Å². The summed E-state index contributed by atoms with van der Waals surface area (Å²) in [7, 11) is -1.04. The molecule has 33 heavy (non-hydrogen) atoms. The number of halogens is 1. The lowest BCUT2D eigenvalue weighted by Crippen LogP contribution is -2.28. The summed E-state index contributed by atoms with van der Waals surface area (Å²) in [5.74, 6) is -0.539. The van der Waals surface area contributed by atoms with E-state index in [0.29, 0.717) is 30.0 Å². The van der Waals surface area contributed by atoms with Crippen molar-refractivity contribution in [3.05, 3.63) is 36.4 Å². The summed E-state index contributed by atoms with van der Waals surface area (Å²) in [6, 6.07) is 4.06. The Balaban J connectivity index is 1.95. The first-order valence-corrected chi connectivity index (χ1v) is 11.7. The Morgan fingerprint density at radius 3 is 2.45 bits per heavy atom. The van der Waals surface area contributed by atoms with E-state index in [2.05, 4.69) is 10.3 Å². The largest absolute Gasteiger partial charge is 0.495 e. The monoisotopic (exact) mass is 476 g/mol. The van der Waals surface area contributed by atoms with Crippen LogP contribution in [0.4, 0.5) is 14.9 Å². The van der Waals surface area contributed by atoms with Crippen LogP contribution in [0.5, 0.6) is 11.5 Å². The third-order valence-corrected chi connectivity index (χ3v) is 8.06. The Kier molecular flexibility index (Phi) is 5.47. The summed E-state index contributed by atoms with van der Waals surface area (Å²) < 4.78 is 52.5. The minimum Gasteiger partial charge on any atom is -0.495 e. The average molecular weight is 477 g/mol. The molecule has 0 aliphatic carbocycles. The van der Waals surface area contributed by atoms with Crippen molar-refractivity contribution in [1.29, 1.82) is 0 Å². The molecule has 0 atom stereocenters. The molecule has 0 spiro atoms. The number of rotatable bonds is 5. The Bertz CT molecular complexity index is 1360. The number of nitrogens with one attached hydrogen (secondary N) is 1. The lowest BCUT2D eigenvalue weighted by molar-refractivity contribution is 0.252. The number of anilines is 1. The molecule has 4 rings (SSSR count). The second-order valence-electron chi connectivity index (χ2n) is 8.59. The molecule has 176 valence electrons. The van der Waals surface area contributed by atoms with Crippen LogP contribution in [-0.2, 0) is 9.84 Å². The lowest BCUT2D eigenvalue weighted by Gasteiger charge is -2.21. The van der Waals surface area contributed by atoms with Crippen molar-refractivity contribution in [2.75, 3.05) is 32.2 Å². The van der Waals surface area contributed by atoms with Crippen LogP contribution in [0.3, 0.4) is 0 Å². The fourth-order valence-corrected chi connectivity index (χ4v) is 5.03. The molecule has 1 saturated heterocycles. The van der Waals surface area contributed by atoms with E-state index < -0.39 is 20.4 Å². The minimum atomic E-state index is -3.76. The molecule has 1 fully saturated rings. The molecule has 1 aliphatic rings. The fraction of sp³-hybridized carbons (Fsp3) is 0.364. The molecule has 2 amide bonds. The van der Waals surface area contributed by atoms with Crippen molar-refractivity contribution in [3.63, 3.8) is 0 Å². The predicted octanol–water partition coefficient (Wildman–Crippen LogP) is 3.26. The summed E-state index contributed by atoms with van der Waals surface area (Å²) in [6.07, 6.45) is 2.94. The van der Waals surface area contributed by atoms with Gasteiger partial charge in [0, 0.05) is 30.9 Å². The lowest BCUT2D eigenvalue weighted by atomic mass is 10.1. The number of aromatic nitrogens is 2. The van der Waals surface area contributed by atoms with E-state index in [4.69, 9.17) is 9.47 Å². The molecule has 0 bridgehead atoms. The van der Waals surface area contributed by atoms with Crippen LogP contribution in [0.1, 0.15) is 20.8 Å². The normalized spacial score (nSPS) is 14.6. The van der Waals surface area contributed by atoms with Gasteiger partial charge in [0.1, 0.15) is 16.3 Å². The number of nitrogens with zero attached hydrogens (tertiary/aromatic N) is 3. The molecule has 2 aromatic heterocycles. The van der Waals surface area contributed by atoms with Gasteiger partial charge < -0.3 is 14.8 Å². The number of sulfone groups is 1. The number of benzene rings is 1. The molecule has 9 nitrogen and oxygen atoms in total. The number of hydrogen-bond donors (Lipinski definition) is 1. The number of imidazole rings is 1. The molecule has 0 saturated carbocycles. The van der Waals surface area contributed by atoms with E-state index in [-0.39, 0.29) is 28.1 Å². The van der Waals surface area contributed by atoms with Crippen LogP contribution < -0.4 is 19.7 Å². The van der Waals surface area contributed by atoms with Crippen molar-refractivity contribution in [3.8, 4) is 22.8 Å². The van der Waals surface area contributed by atoms with Crippen LogP contribution in [-0.4, -0.2) is 55.9 Å². The zero-order valence-electron chi connectivity index (χ0n) is 19.0. The van der Waals surface area contributed by atoms with Gasteiger partial charge in [0.2, 0.25) is 0 Å². The molecular weight excluding hydrogens is 451 g/mol. The van der Waals surface area contributed by atoms with Gasteiger partial charge in [0.05, 0.1) is 36.5 Å². The maximum absolute atomic E-state index is 15.0. The summed E-state index contributed by atoms with van der Waals surface area (Å²) in [5, 5.41) is 2.68. The molecule has 3 aromatic rings. The number of hydrogen-bond acceptors (Lipinski definition) is 6. The van der Waals surface area contributed by atoms with Crippen LogP contribution >= 0.6 is 0 Å². The van der Waals surface area contributed by atoms with Gasteiger partial charge in [-0.2, -0.15) is 0 Å². The maximum Gasteiger partial charge on any atom is 0.322 e. The van der Waals surface area contributed by atoms with Gasteiger partial charge >= 0.3 is 6.03 Å². The number of pyridine rings is 1. The number of fused-ring (bicyclic) bond motifs is 1. The first-order valence-electron chi connectivity index (χ1n) is 10.2. The summed E-state index contributed by atoms with van der Waals surface area (Å²) in [5.41, 5.74) is 1.54. The quantitative estimate of drug-likeness (QED) is 0.607. The Hall–Kier alpha value is -3.34. The summed E-state index contributed by atoms with van der Waals surface area (Å²) in [4.78, 5) is 18.0. The van der Waals surface area contributed by atoms with Crippen molar-refractivity contribution >= 4 is 27.2 Å². The predicted molar refractivity (Wildman–Crippen MR) is 121 cm³/mol. The molecule has 11 heteroatoms. The van der Waals surface area contributed by atoms with E-state index in [1.54, 1.807) is 31.2 Å². The molecule has 1 aliphatic heterocycles. The van der Waals surface area contributed by atoms with E-state index in [1.165, 1.54) is 43.6 Å². The third kappa shape index (κ3) is 3.65. The van der Waals surface area contributed by atoms with Crippen molar-refractivity contribution < 1.29 is 27.1 Å². The number of amides is 2. The average Bonchev–Trinajstić information content (AvgIpc) is 3.36. The van der Waals surface area contributed by atoms with Gasteiger partial charge in [-0.25, -0.2) is 22.6 Å². The van der Waals surface area contributed by atoms with E-state index >= 15 is 0 Å². The maximum atomic E-state index is 15.0. The molecule has 1 N–H and O–H groups in total. The standard InChI is InChI=1S/C22H25FN4O5S/c1-22(2,3)33(29,30)18-12-27-16(11-25-19(27)10-17(18)31-4)13-8-14(23)20(32-5)15(9-13)26-7-6-24-21(26)28/h8-12H,6-7H2,1-5H3,(H,24,28). The molecule has 0 unspecified atom stereocenters. The molecular formula is C22H25FN4O5S. The second-order valence-corrected chi connectivity index (χ2v) is 11.3. The Morgan fingerprint density at radius 2 is 1.88 bits per heavy atom. The van der Waals surface area contributed by atoms with Crippen molar-refractivity contribution in [2.24, 2.45) is 0 Å². The number of methoxy groups -OCH3 is 2. The van der Waals surface area contributed by atoms with Crippen molar-refractivity contribution in [1.82, 2.24) is 14.7 Å². The Morgan fingerprint density at radius 1 is 1.15 bits per heavy atom. The number of ether oxygens (including phenoxy) is 2. The zero-order valence-corrected chi connectivity index (χ0v) is 19.8. The van der Waals surface area contributed by atoms with E-state index in [9.17, 15) is 17.6 Å². The fourth-order valence-electron chi connectivity index (χ4n) is 3.72. The second kappa shape index (κ2) is 7.91. The number of carbonyl (C=O) groups excluding carboxylic acids is 1. The van der Waals surface area contributed by atoms with Gasteiger partial charge in [-0.15, -0.1) is 0 Å². The Labute approximate surface area is 191 Å². The first-order chi connectivity index (χ1) is 15.5. The number of carbonyl (C=O) groups is 1. The smallest absolute Gasteiger partial charge is 0.322 e. The summed E-state index contributed by atoms with van der Waals surface area (Å²) >= 11 is 0. The SMILES string of the molecule is COc1cc2ncc(-c3cc(F)c(OC)c(N4CCNC4=O)c3)n2cc1S(=O)(=O)C(C)(C)C. The zero-order chi connectivity index (χ0) is 24.1. The highest BCUT2D eigenvalue weighted by Gasteiger charge is 2.34.